The van der Waals surface area contributed by atoms with Crippen LogP contribution in [0.25, 0.3) is 0 Å². The molecule has 0 aliphatic rings. The number of nitrogens with zero attached hydrogens (tertiary/aromatic N) is 1. The zero-order valence-corrected chi connectivity index (χ0v) is 12.3. The van der Waals surface area contributed by atoms with E-state index in [-0.39, 0.29) is 6.04 Å². The van der Waals surface area contributed by atoms with Gasteiger partial charge >= 0.3 is 0 Å². The lowest BCUT2D eigenvalue weighted by atomic mass is 10.1. The van der Waals surface area contributed by atoms with Gasteiger partial charge in [-0.25, -0.2) is 4.98 Å². The average Bonchev–Trinajstić information content (AvgIpc) is 2.46. The van der Waals surface area contributed by atoms with Gasteiger partial charge in [0.1, 0.15) is 0 Å². The lowest BCUT2D eigenvalue weighted by Crippen LogP contribution is -2.09. The lowest BCUT2D eigenvalue weighted by Gasteiger charge is -2.11. The van der Waals surface area contributed by atoms with Crippen LogP contribution < -0.4 is 5.73 Å². The van der Waals surface area contributed by atoms with Crippen molar-refractivity contribution in [2.45, 2.75) is 37.1 Å². The van der Waals surface area contributed by atoms with E-state index in [1.54, 1.807) is 11.8 Å². The summed E-state index contributed by atoms with van der Waals surface area (Å²) >= 11 is 1.78. The van der Waals surface area contributed by atoms with E-state index < -0.39 is 0 Å². The Kier molecular flexibility index (Phi) is 5.00. The molecule has 19 heavy (non-hydrogen) atoms. The van der Waals surface area contributed by atoms with Crippen LogP contribution in [0.15, 0.2) is 47.6 Å². The molecule has 0 fully saturated rings. The molecule has 1 atom stereocenters. The fraction of sp³-hybridized carbons (Fsp3) is 0.312. The number of pyridine rings is 1. The number of benzene rings is 1. The van der Waals surface area contributed by atoms with Crippen LogP contribution in [-0.2, 0) is 5.75 Å². The maximum atomic E-state index is 6.03. The van der Waals surface area contributed by atoms with Gasteiger partial charge in [-0.1, -0.05) is 43.3 Å². The summed E-state index contributed by atoms with van der Waals surface area (Å²) in [6, 6.07) is 12.7. The third kappa shape index (κ3) is 3.82. The zero-order chi connectivity index (χ0) is 13.7. The highest BCUT2D eigenvalue weighted by Crippen LogP contribution is 2.26. The molecule has 0 aliphatic heterocycles. The first-order chi connectivity index (χ1) is 9.20. The second-order valence-electron chi connectivity index (χ2n) is 4.68. The van der Waals surface area contributed by atoms with E-state index in [0.29, 0.717) is 0 Å². The van der Waals surface area contributed by atoms with Crippen molar-refractivity contribution in [3.8, 4) is 0 Å². The molecular formula is C16H20N2S. The van der Waals surface area contributed by atoms with Gasteiger partial charge in [0.25, 0.3) is 0 Å². The highest BCUT2D eigenvalue weighted by molar-refractivity contribution is 7.98. The minimum absolute atomic E-state index is 0.0966. The molecule has 0 unspecified atom stereocenters. The fourth-order valence-electron chi connectivity index (χ4n) is 1.90. The molecule has 0 amide bonds. The van der Waals surface area contributed by atoms with E-state index in [0.717, 1.165) is 22.8 Å². The van der Waals surface area contributed by atoms with Gasteiger partial charge in [0, 0.05) is 18.0 Å². The Labute approximate surface area is 119 Å². The van der Waals surface area contributed by atoms with Gasteiger partial charge in [0.05, 0.1) is 5.03 Å². The molecule has 0 saturated heterocycles. The summed E-state index contributed by atoms with van der Waals surface area (Å²) in [4.78, 5) is 4.55. The van der Waals surface area contributed by atoms with Crippen molar-refractivity contribution in [3.63, 3.8) is 0 Å². The van der Waals surface area contributed by atoms with E-state index in [1.165, 1.54) is 11.1 Å². The Morgan fingerprint density at radius 3 is 2.63 bits per heavy atom. The molecule has 2 aromatic rings. The van der Waals surface area contributed by atoms with Crippen molar-refractivity contribution < 1.29 is 0 Å². The van der Waals surface area contributed by atoms with Crippen LogP contribution in [0.5, 0.6) is 0 Å². The van der Waals surface area contributed by atoms with Gasteiger partial charge in [-0.05, 0) is 30.0 Å². The van der Waals surface area contributed by atoms with Crippen molar-refractivity contribution in [3.05, 3.63) is 59.3 Å². The van der Waals surface area contributed by atoms with Crippen molar-refractivity contribution in [2.75, 3.05) is 0 Å². The zero-order valence-electron chi connectivity index (χ0n) is 11.5. The normalized spacial score (nSPS) is 12.4. The van der Waals surface area contributed by atoms with E-state index in [4.69, 9.17) is 5.73 Å². The van der Waals surface area contributed by atoms with Crippen LogP contribution in [0.1, 0.15) is 36.1 Å². The van der Waals surface area contributed by atoms with Gasteiger partial charge in [0.15, 0.2) is 0 Å². The monoisotopic (exact) mass is 272 g/mol. The van der Waals surface area contributed by atoms with Crippen LogP contribution in [0, 0.1) is 6.92 Å². The van der Waals surface area contributed by atoms with Crippen LogP contribution in [0.2, 0.25) is 0 Å². The Balaban J connectivity index is 2.05. The number of hydrogen-bond donors (Lipinski definition) is 1. The Morgan fingerprint density at radius 1 is 1.26 bits per heavy atom. The summed E-state index contributed by atoms with van der Waals surface area (Å²) in [5.74, 6) is 0.952. The number of hydrogen-bond acceptors (Lipinski definition) is 3. The molecule has 1 aromatic carbocycles. The molecule has 1 heterocycles. The standard InChI is InChI=1S/C16H20N2S/c1-3-15(17)14-9-12(2)16(18-10-14)19-11-13-7-5-4-6-8-13/h4-10,15H,3,11,17H2,1-2H3/t15-/m0/s1. The van der Waals surface area contributed by atoms with Crippen molar-refractivity contribution in [1.82, 2.24) is 4.98 Å². The maximum Gasteiger partial charge on any atom is 0.0992 e. The average molecular weight is 272 g/mol. The van der Waals surface area contributed by atoms with E-state index in [2.05, 4.69) is 49.2 Å². The quantitative estimate of drug-likeness (QED) is 0.833. The van der Waals surface area contributed by atoms with Gasteiger partial charge in [0.2, 0.25) is 0 Å². The first kappa shape index (κ1) is 14.1. The summed E-state index contributed by atoms with van der Waals surface area (Å²) in [7, 11) is 0. The van der Waals surface area contributed by atoms with Crippen molar-refractivity contribution in [2.24, 2.45) is 5.73 Å². The van der Waals surface area contributed by atoms with Gasteiger partial charge in [-0.2, -0.15) is 0 Å². The molecule has 2 nitrogen and oxygen atoms in total. The van der Waals surface area contributed by atoms with Gasteiger partial charge in [-0.3, -0.25) is 0 Å². The Bertz CT molecular complexity index is 526. The molecule has 0 radical (unpaired) electrons. The molecule has 1 aromatic heterocycles. The van der Waals surface area contributed by atoms with Gasteiger partial charge in [-0.15, -0.1) is 11.8 Å². The summed E-state index contributed by atoms with van der Waals surface area (Å²) in [5.41, 5.74) is 9.69. The van der Waals surface area contributed by atoms with E-state index in [9.17, 15) is 0 Å². The molecule has 0 bridgehead atoms. The van der Waals surface area contributed by atoms with Crippen molar-refractivity contribution >= 4 is 11.8 Å². The number of thioether (sulfide) groups is 1. The molecule has 2 rings (SSSR count). The predicted molar refractivity (Wildman–Crippen MR) is 82.2 cm³/mol. The molecule has 0 spiro atoms. The number of rotatable bonds is 5. The van der Waals surface area contributed by atoms with E-state index >= 15 is 0 Å². The number of aromatic nitrogens is 1. The summed E-state index contributed by atoms with van der Waals surface area (Å²) in [6.07, 6.45) is 2.85. The van der Waals surface area contributed by atoms with Crippen molar-refractivity contribution in [1.29, 1.82) is 0 Å². The van der Waals surface area contributed by atoms with Crippen LogP contribution >= 0.6 is 11.8 Å². The minimum atomic E-state index is 0.0966. The molecule has 0 aliphatic carbocycles. The summed E-state index contributed by atoms with van der Waals surface area (Å²) in [5, 5.41) is 1.09. The van der Waals surface area contributed by atoms with E-state index in [1.807, 2.05) is 12.3 Å². The molecule has 0 saturated carbocycles. The molecular weight excluding hydrogens is 252 g/mol. The summed E-state index contributed by atoms with van der Waals surface area (Å²) in [6.45, 7) is 4.20. The summed E-state index contributed by atoms with van der Waals surface area (Å²) < 4.78 is 0. The highest BCUT2D eigenvalue weighted by atomic mass is 32.2. The van der Waals surface area contributed by atoms with Gasteiger partial charge < -0.3 is 5.73 Å². The first-order valence-corrected chi connectivity index (χ1v) is 7.58. The fourth-order valence-corrected chi connectivity index (χ4v) is 2.81. The van der Waals surface area contributed by atoms with Crippen LogP contribution in [-0.4, -0.2) is 4.98 Å². The highest BCUT2D eigenvalue weighted by Gasteiger charge is 2.07. The van der Waals surface area contributed by atoms with Crippen LogP contribution in [0.4, 0.5) is 0 Å². The Morgan fingerprint density at radius 2 is 2.00 bits per heavy atom. The lowest BCUT2D eigenvalue weighted by molar-refractivity contribution is 0.691. The molecule has 100 valence electrons. The third-order valence-electron chi connectivity index (χ3n) is 3.14. The molecule has 3 heteroatoms. The number of aryl methyl sites for hydroxylation is 1. The van der Waals surface area contributed by atoms with Crippen LogP contribution in [0.3, 0.4) is 0 Å². The first-order valence-electron chi connectivity index (χ1n) is 6.59. The minimum Gasteiger partial charge on any atom is -0.324 e. The molecule has 2 N–H and O–H groups in total. The largest absolute Gasteiger partial charge is 0.324 e. The third-order valence-corrected chi connectivity index (χ3v) is 4.32. The smallest absolute Gasteiger partial charge is 0.0992 e. The topological polar surface area (TPSA) is 38.9 Å². The Hall–Kier alpha value is -1.32. The second-order valence-corrected chi connectivity index (χ2v) is 5.64. The second kappa shape index (κ2) is 6.73. The SMILES string of the molecule is CC[C@H](N)c1cnc(SCc2ccccc2)c(C)c1. The predicted octanol–water partition coefficient (Wildman–Crippen LogP) is 4.09. The number of nitrogens with two attached hydrogens (primary N) is 1. The maximum absolute atomic E-state index is 6.03.